The molecule has 1 unspecified atom stereocenters. The van der Waals surface area contributed by atoms with Gasteiger partial charge in [0.15, 0.2) is 0 Å². The molecular weight excluding hydrogens is 263 g/mol. The van der Waals surface area contributed by atoms with E-state index in [2.05, 4.69) is 10.1 Å². The molecule has 19 heavy (non-hydrogen) atoms. The van der Waals surface area contributed by atoms with Crippen LogP contribution >= 0.6 is 0 Å². The van der Waals surface area contributed by atoms with Crippen LogP contribution < -0.4 is 10.1 Å². The number of hydrogen-bond donors (Lipinski definition) is 2. The first-order chi connectivity index (χ1) is 8.69. The van der Waals surface area contributed by atoms with Gasteiger partial charge in [0.2, 0.25) is 0 Å². The fourth-order valence-electron chi connectivity index (χ4n) is 1.64. The molecule has 0 bridgehead atoms. The zero-order chi connectivity index (χ0) is 14.7. The molecule has 0 fully saturated rings. The summed E-state index contributed by atoms with van der Waals surface area (Å²) >= 11 is 0. The van der Waals surface area contributed by atoms with Crippen molar-refractivity contribution in [1.82, 2.24) is 5.32 Å². The van der Waals surface area contributed by atoms with Crippen LogP contribution in [0.2, 0.25) is 0 Å². The Hall–Kier alpha value is -1.76. The summed E-state index contributed by atoms with van der Waals surface area (Å²) in [5, 5.41) is 12.0. The predicted octanol–water partition coefficient (Wildman–Crippen LogP) is 2.49. The molecule has 106 valence electrons. The molecule has 0 radical (unpaired) electrons. The van der Waals surface area contributed by atoms with Gasteiger partial charge in [0.1, 0.15) is 11.3 Å². The maximum Gasteiger partial charge on any atom is 0.573 e. The number of carboxylic acid groups (broad SMARTS) is 1. The second-order valence-corrected chi connectivity index (χ2v) is 4.03. The zero-order valence-corrected chi connectivity index (χ0v) is 10.4. The molecule has 0 aromatic heterocycles. The monoisotopic (exact) mass is 277 g/mol. The van der Waals surface area contributed by atoms with E-state index in [1.165, 1.54) is 19.1 Å². The Morgan fingerprint density at radius 3 is 2.21 bits per heavy atom. The van der Waals surface area contributed by atoms with E-state index in [0.717, 1.165) is 12.1 Å². The Balaban J connectivity index is 2.99. The fourth-order valence-corrected chi connectivity index (χ4v) is 1.64. The van der Waals surface area contributed by atoms with E-state index in [-0.39, 0.29) is 5.75 Å². The SMILES string of the molecule is CCNC(C)(C(=O)O)c1ccc(OC(F)(F)F)cc1. The molecule has 0 aliphatic heterocycles. The third-order valence-corrected chi connectivity index (χ3v) is 2.62. The number of carbonyl (C=O) groups is 1. The predicted molar refractivity (Wildman–Crippen MR) is 61.8 cm³/mol. The molecule has 0 spiro atoms. The quantitative estimate of drug-likeness (QED) is 0.868. The van der Waals surface area contributed by atoms with E-state index in [1.807, 2.05) is 0 Å². The molecule has 0 saturated carbocycles. The summed E-state index contributed by atoms with van der Waals surface area (Å²) in [5.41, 5.74) is -1.01. The number of ether oxygens (including phenoxy) is 1. The molecule has 0 saturated heterocycles. The van der Waals surface area contributed by atoms with Gasteiger partial charge in [-0.15, -0.1) is 13.2 Å². The average molecular weight is 277 g/mol. The van der Waals surface area contributed by atoms with Crippen LogP contribution in [-0.4, -0.2) is 24.0 Å². The zero-order valence-electron chi connectivity index (χ0n) is 10.4. The van der Waals surface area contributed by atoms with Gasteiger partial charge in [-0.1, -0.05) is 19.1 Å². The van der Waals surface area contributed by atoms with Crippen LogP contribution in [0.15, 0.2) is 24.3 Å². The lowest BCUT2D eigenvalue weighted by Gasteiger charge is -2.26. The standard InChI is InChI=1S/C12H14F3NO3/c1-3-16-11(2,10(17)18)8-4-6-9(7-5-8)19-12(13,14)15/h4-7,16H,3H2,1-2H3,(H,17,18). The van der Waals surface area contributed by atoms with Gasteiger partial charge in [-0.3, -0.25) is 5.32 Å². The van der Waals surface area contributed by atoms with Gasteiger partial charge in [-0.25, -0.2) is 4.79 Å². The summed E-state index contributed by atoms with van der Waals surface area (Å²) in [7, 11) is 0. The fraction of sp³-hybridized carbons (Fsp3) is 0.417. The molecule has 4 nitrogen and oxygen atoms in total. The summed E-state index contributed by atoms with van der Waals surface area (Å²) in [6.07, 6.45) is -4.76. The number of carboxylic acids is 1. The second kappa shape index (κ2) is 5.48. The normalized spacial score (nSPS) is 14.8. The van der Waals surface area contributed by atoms with E-state index in [9.17, 15) is 23.1 Å². The maximum atomic E-state index is 12.0. The minimum atomic E-state index is -4.76. The van der Waals surface area contributed by atoms with Crippen molar-refractivity contribution in [3.63, 3.8) is 0 Å². The third kappa shape index (κ3) is 3.85. The van der Waals surface area contributed by atoms with Crippen LogP contribution in [0, 0.1) is 0 Å². The molecule has 1 atom stereocenters. The highest BCUT2D eigenvalue weighted by atomic mass is 19.4. The molecule has 1 rings (SSSR count). The highest BCUT2D eigenvalue weighted by Crippen LogP contribution is 2.27. The van der Waals surface area contributed by atoms with Crippen LogP contribution in [0.1, 0.15) is 19.4 Å². The van der Waals surface area contributed by atoms with Crippen LogP contribution in [0.25, 0.3) is 0 Å². The van der Waals surface area contributed by atoms with Crippen LogP contribution in [0.3, 0.4) is 0 Å². The van der Waals surface area contributed by atoms with Crippen molar-refractivity contribution in [2.75, 3.05) is 6.54 Å². The van der Waals surface area contributed by atoms with Crippen molar-refractivity contribution in [1.29, 1.82) is 0 Å². The lowest BCUT2D eigenvalue weighted by Crippen LogP contribution is -2.46. The van der Waals surface area contributed by atoms with Crippen molar-refractivity contribution in [2.45, 2.75) is 25.7 Å². The Morgan fingerprint density at radius 2 is 1.84 bits per heavy atom. The first-order valence-electron chi connectivity index (χ1n) is 5.53. The highest BCUT2D eigenvalue weighted by Gasteiger charge is 2.35. The number of aliphatic carboxylic acids is 1. The molecule has 0 amide bonds. The lowest BCUT2D eigenvalue weighted by atomic mass is 9.92. The smallest absolute Gasteiger partial charge is 0.480 e. The van der Waals surface area contributed by atoms with Crippen molar-refractivity contribution in [3.05, 3.63) is 29.8 Å². The van der Waals surface area contributed by atoms with Crippen LogP contribution in [0.5, 0.6) is 5.75 Å². The third-order valence-electron chi connectivity index (χ3n) is 2.62. The van der Waals surface area contributed by atoms with E-state index >= 15 is 0 Å². The summed E-state index contributed by atoms with van der Waals surface area (Å²) in [6.45, 7) is 3.59. The van der Waals surface area contributed by atoms with Gasteiger partial charge in [-0.05, 0) is 31.2 Å². The largest absolute Gasteiger partial charge is 0.573 e. The summed E-state index contributed by atoms with van der Waals surface area (Å²) in [6, 6.07) is 4.75. The number of halogens is 3. The molecule has 1 aromatic carbocycles. The Morgan fingerprint density at radius 1 is 1.32 bits per heavy atom. The van der Waals surface area contributed by atoms with Gasteiger partial charge < -0.3 is 9.84 Å². The number of hydrogen-bond acceptors (Lipinski definition) is 3. The van der Waals surface area contributed by atoms with Crippen molar-refractivity contribution < 1.29 is 27.8 Å². The topological polar surface area (TPSA) is 58.6 Å². The van der Waals surface area contributed by atoms with Crippen molar-refractivity contribution >= 4 is 5.97 Å². The van der Waals surface area contributed by atoms with Crippen molar-refractivity contribution in [3.8, 4) is 5.75 Å². The van der Waals surface area contributed by atoms with E-state index < -0.39 is 17.9 Å². The number of alkyl halides is 3. The Labute approximate surface area is 108 Å². The van der Waals surface area contributed by atoms with Crippen LogP contribution in [-0.2, 0) is 10.3 Å². The highest BCUT2D eigenvalue weighted by molar-refractivity contribution is 5.80. The Bertz CT molecular complexity index is 445. The van der Waals surface area contributed by atoms with E-state index in [4.69, 9.17) is 0 Å². The van der Waals surface area contributed by atoms with Crippen molar-refractivity contribution in [2.24, 2.45) is 0 Å². The molecule has 0 aliphatic rings. The van der Waals surface area contributed by atoms with Gasteiger partial charge in [0, 0.05) is 0 Å². The van der Waals surface area contributed by atoms with Crippen LogP contribution in [0.4, 0.5) is 13.2 Å². The van der Waals surface area contributed by atoms with E-state index in [0.29, 0.717) is 12.1 Å². The molecule has 2 N–H and O–H groups in total. The number of nitrogens with one attached hydrogen (secondary N) is 1. The summed E-state index contributed by atoms with van der Waals surface area (Å²) < 4.78 is 39.7. The number of rotatable bonds is 5. The summed E-state index contributed by atoms with van der Waals surface area (Å²) in [4.78, 5) is 11.3. The average Bonchev–Trinajstić information content (AvgIpc) is 2.27. The van der Waals surface area contributed by atoms with Gasteiger partial charge in [0.05, 0.1) is 0 Å². The number of benzene rings is 1. The first kappa shape index (κ1) is 15.3. The molecular formula is C12H14F3NO3. The Kier molecular flexibility index (Phi) is 4.41. The minimum Gasteiger partial charge on any atom is -0.480 e. The van der Waals surface area contributed by atoms with Gasteiger partial charge >= 0.3 is 12.3 Å². The lowest BCUT2D eigenvalue weighted by molar-refractivity contribution is -0.274. The molecule has 7 heteroatoms. The number of likely N-dealkylation sites (N-methyl/N-ethyl adjacent to an activating group) is 1. The molecule has 0 heterocycles. The minimum absolute atomic E-state index is 0.344. The summed E-state index contributed by atoms with van der Waals surface area (Å²) in [5.74, 6) is -1.50. The van der Waals surface area contributed by atoms with Gasteiger partial charge in [-0.2, -0.15) is 0 Å². The molecule has 0 aliphatic carbocycles. The second-order valence-electron chi connectivity index (χ2n) is 4.03. The first-order valence-corrected chi connectivity index (χ1v) is 5.53. The van der Waals surface area contributed by atoms with E-state index in [1.54, 1.807) is 6.92 Å². The molecule has 1 aromatic rings. The maximum absolute atomic E-state index is 12.0. The van der Waals surface area contributed by atoms with Gasteiger partial charge in [0.25, 0.3) is 0 Å².